The summed E-state index contributed by atoms with van der Waals surface area (Å²) in [6.45, 7) is 0. The molecule has 0 atom stereocenters. The van der Waals surface area contributed by atoms with Crippen molar-refractivity contribution < 1.29 is 0 Å². The van der Waals surface area contributed by atoms with Gasteiger partial charge >= 0.3 is 0 Å². The summed E-state index contributed by atoms with van der Waals surface area (Å²) in [5, 5.41) is 2.12. The number of hydrogen-bond donors (Lipinski definition) is 1. The quantitative estimate of drug-likeness (QED) is 0.497. The largest absolute Gasteiger partial charge is 0.338 e. The van der Waals surface area contributed by atoms with E-state index in [2.05, 4.69) is 15.0 Å². The second kappa shape index (κ2) is 4.72. The molecule has 5 heteroatoms. The van der Waals surface area contributed by atoms with Crippen LogP contribution in [0.2, 0.25) is 10.2 Å². The zero-order valence-corrected chi connectivity index (χ0v) is 12.3. The molecule has 0 aliphatic rings. The van der Waals surface area contributed by atoms with Crippen molar-refractivity contribution in [3.05, 3.63) is 58.7 Å². The summed E-state index contributed by atoms with van der Waals surface area (Å²) in [4.78, 5) is 12.2. The molecule has 2 aromatic heterocycles. The van der Waals surface area contributed by atoms with Gasteiger partial charge in [0.2, 0.25) is 0 Å². The average molecular weight is 314 g/mol. The number of imidazole rings is 1. The van der Waals surface area contributed by atoms with Crippen LogP contribution < -0.4 is 0 Å². The highest BCUT2D eigenvalue weighted by Crippen LogP contribution is 2.30. The van der Waals surface area contributed by atoms with E-state index in [1.165, 1.54) is 0 Å². The van der Waals surface area contributed by atoms with Gasteiger partial charge in [0.05, 0.1) is 22.1 Å². The number of rotatable bonds is 1. The molecule has 2 heterocycles. The number of aromatic nitrogens is 3. The maximum atomic E-state index is 6.30. The van der Waals surface area contributed by atoms with Crippen molar-refractivity contribution in [3.8, 4) is 11.4 Å². The Bertz CT molecular complexity index is 976. The van der Waals surface area contributed by atoms with Crippen molar-refractivity contribution in [2.45, 2.75) is 0 Å². The van der Waals surface area contributed by atoms with Crippen LogP contribution in [-0.4, -0.2) is 15.0 Å². The van der Waals surface area contributed by atoms with Gasteiger partial charge in [0, 0.05) is 10.4 Å². The normalized spacial score (nSPS) is 11.3. The van der Waals surface area contributed by atoms with Crippen LogP contribution in [-0.2, 0) is 0 Å². The zero-order valence-electron chi connectivity index (χ0n) is 10.8. The molecule has 0 unspecified atom stereocenters. The molecule has 0 aliphatic carbocycles. The fourth-order valence-electron chi connectivity index (χ4n) is 2.37. The summed E-state index contributed by atoms with van der Waals surface area (Å²) in [5.41, 5.74) is 3.37. The van der Waals surface area contributed by atoms with Crippen molar-refractivity contribution in [1.29, 1.82) is 0 Å². The molecule has 3 nitrogen and oxygen atoms in total. The Hall–Kier alpha value is -2.10. The summed E-state index contributed by atoms with van der Waals surface area (Å²) in [6.07, 6.45) is 0. The van der Waals surface area contributed by atoms with Crippen LogP contribution in [0, 0.1) is 0 Å². The molecule has 4 rings (SSSR count). The van der Waals surface area contributed by atoms with Gasteiger partial charge in [-0.15, -0.1) is 0 Å². The predicted octanol–water partition coefficient (Wildman–Crippen LogP) is 5.08. The molecule has 0 fully saturated rings. The monoisotopic (exact) mass is 313 g/mol. The molecule has 2 aromatic carbocycles. The van der Waals surface area contributed by atoms with Crippen LogP contribution >= 0.6 is 23.2 Å². The molecule has 0 bridgehead atoms. The molecule has 0 radical (unpaired) electrons. The number of benzene rings is 2. The number of H-pyrrole nitrogens is 1. The van der Waals surface area contributed by atoms with Crippen molar-refractivity contribution in [3.63, 3.8) is 0 Å². The minimum atomic E-state index is 0.429. The second-order valence-corrected chi connectivity index (χ2v) is 5.56. The summed E-state index contributed by atoms with van der Waals surface area (Å²) >= 11 is 12.3. The number of nitrogens with one attached hydrogen (secondary N) is 1. The molecular weight excluding hydrogens is 305 g/mol. The summed E-state index contributed by atoms with van der Waals surface area (Å²) in [6, 6.07) is 15.4. The van der Waals surface area contributed by atoms with Crippen molar-refractivity contribution in [2.75, 3.05) is 0 Å². The fourth-order valence-corrected chi connectivity index (χ4v) is 2.78. The predicted molar refractivity (Wildman–Crippen MR) is 86.9 cm³/mol. The van der Waals surface area contributed by atoms with Gasteiger partial charge in [-0.2, -0.15) is 0 Å². The Morgan fingerprint density at radius 3 is 2.62 bits per heavy atom. The zero-order chi connectivity index (χ0) is 14.4. The van der Waals surface area contributed by atoms with E-state index in [1.807, 2.05) is 48.5 Å². The molecule has 0 saturated carbocycles. The van der Waals surface area contributed by atoms with Crippen LogP contribution in [0.5, 0.6) is 0 Å². The number of halogens is 2. The highest BCUT2D eigenvalue weighted by Gasteiger charge is 2.11. The molecule has 1 N–H and O–H groups in total. The molecule has 4 aromatic rings. The second-order valence-electron chi connectivity index (χ2n) is 4.77. The van der Waals surface area contributed by atoms with E-state index in [1.54, 1.807) is 0 Å². The highest BCUT2D eigenvalue weighted by molar-refractivity contribution is 6.32. The maximum absolute atomic E-state index is 6.30. The SMILES string of the molecule is Clc1ccc2nc(-c3cc4ccccc4nc3Cl)[nH]c2c1. The minimum Gasteiger partial charge on any atom is -0.338 e. The third kappa shape index (κ3) is 2.15. The number of nitrogens with zero attached hydrogens (tertiary/aromatic N) is 2. The van der Waals surface area contributed by atoms with Gasteiger partial charge in [-0.25, -0.2) is 9.97 Å². The first-order valence-corrected chi connectivity index (χ1v) is 7.17. The number of aromatic amines is 1. The lowest BCUT2D eigenvalue weighted by Gasteiger charge is -2.03. The van der Waals surface area contributed by atoms with Gasteiger partial charge in [-0.3, -0.25) is 0 Å². The van der Waals surface area contributed by atoms with Crippen LogP contribution in [0.15, 0.2) is 48.5 Å². The molecular formula is C16H9Cl2N3. The van der Waals surface area contributed by atoms with Crippen LogP contribution in [0.1, 0.15) is 0 Å². The van der Waals surface area contributed by atoms with E-state index in [0.29, 0.717) is 16.0 Å². The lowest BCUT2D eigenvalue weighted by Crippen LogP contribution is -1.87. The third-order valence-corrected chi connectivity index (χ3v) is 3.90. The average Bonchev–Trinajstić information content (AvgIpc) is 2.89. The van der Waals surface area contributed by atoms with Gasteiger partial charge in [-0.05, 0) is 30.3 Å². The van der Waals surface area contributed by atoms with Gasteiger partial charge < -0.3 is 4.98 Å². The molecule has 0 amide bonds. The first kappa shape index (κ1) is 12.6. The van der Waals surface area contributed by atoms with Crippen molar-refractivity contribution in [2.24, 2.45) is 0 Å². The molecule has 0 aliphatic heterocycles. The Morgan fingerprint density at radius 2 is 1.71 bits per heavy atom. The van der Waals surface area contributed by atoms with Crippen LogP contribution in [0.3, 0.4) is 0 Å². The number of pyridine rings is 1. The molecule has 102 valence electrons. The number of para-hydroxylation sites is 1. The lowest BCUT2D eigenvalue weighted by atomic mass is 10.1. The Morgan fingerprint density at radius 1 is 0.857 bits per heavy atom. The Kier molecular flexibility index (Phi) is 2.84. The van der Waals surface area contributed by atoms with Crippen LogP contribution in [0.4, 0.5) is 0 Å². The Labute approximate surface area is 130 Å². The first-order valence-electron chi connectivity index (χ1n) is 6.42. The standard InChI is InChI=1S/C16H9Cl2N3/c17-10-5-6-13-14(8-10)21-16(20-13)11-7-9-3-1-2-4-12(9)19-15(11)18/h1-8H,(H,20,21). The highest BCUT2D eigenvalue weighted by atomic mass is 35.5. The summed E-state index contributed by atoms with van der Waals surface area (Å²) < 4.78 is 0. The van der Waals surface area contributed by atoms with E-state index in [0.717, 1.165) is 27.5 Å². The molecule has 21 heavy (non-hydrogen) atoms. The summed E-state index contributed by atoms with van der Waals surface area (Å²) in [5.74, 6) is 0.690. The first-order chi connectivity index (χ1) is 10.2. The smallest absolute Gasteiger partial charge is 0.141 e. The van der Waals surface area contributed by atoms with E-state index >= 15 is 0 Å². The van der Waals surface area contributed by atoms with Gasteiger partial charge in [0.15, 0.2) is 0 Å². The Balaban J connectivity index is 1.96. The van der Waals surface area contributed by atoms with Gasteiger partial charge in [0.1, 0.15) is 11.0 Å². The van der Waals surface area contributed by atoms with Crippen molar-refractivity contribution >= 4 is 45.1 Å². The van der Waals surface area contributed by atoms with E-state index in [4.69, 9.17) is 23.2 Å². The maximum Gasteiger partial charge on any atom is 0.141 e. The van der Waals surface area contributed by atoms with Gasteiger partial charge in [-0.1, -0.05) is 41.4 Å². The minimum absolute atomic E-state index is 0.429. The third-order valence-electron chi connectivity index (χ3n) is 3.38. The summed E-state index contributed by atoms with van der Waals surface area (Å²) in [7, 11) is 0. The fraction of sp³-hybridized carbons (Fsp3) is 0. The number of fused-ring (bicyclic) bond motifs is 2. The topological polar surface area (TPSA) is 41.6 Å². The molecule has 0 spiro atoms. The van der Waals surface area contributed by atoms with E-state index in [9.17, 15) is 0 Å². The number of hydrogen-bond acceptors (Lipinski definition) is 2. The van der Waals surface area contributed by atoms with E-state index < -0.39 is 0 Å². The van der Waals surface area contributed by atoms with E-state index in [-0.39, 0.29) is 0 Å². The van der Waals surface area contributed by atoms with Gasteiger partial charge in [0.25, 0.3) is 0 Å². The molecule has 0 saturated heterocycles. The van der Waals surface area contributed by atoms with Crippen LogP contribution in [0.25, 0.3) is 33.3 Å². The van der Waals surface area contributed by atoms with Crippen molar-refractivity contribution in [1.82, 2.24) is 15.0 Å². The lowest BCUT2D eigenvalue weighted by molar-refractivity contribution is 1.31.